The van der Waals surface area contributed by atoms with Crippen molar-refractivity contribution in [1.29, 1.82) is 0 Å². The number of aromatic hydroxyl groups is 1. The molecule has 0 unspecified atom stereocenters. The van der Waals surface area contributed by atoms with Gasteiger partial charge < -0.3 is 14.9 Å². The van der Waals surface area contributed by atoms with Gasteiger partial charge in [0.1, 0.15) is 17.1 Å². The Labute approximate surface area is 108 Å². The molecule has 0 aliphatic heterocycles. The first-order valence-corrected chi connectivity index (χ1v) is 5.44. The summed E-state index contributed by atoms with van der Waals surface area (Å²) in [6.07, 6.45) is 0. The molecule has 18 heavy (non-hydrogen) atoms. The van der Waals surface area contributed by atoms with E-state index in [1.807, 2.05) is 0 Å². The van der Waals surface area contributed by atoms with E-state index in [2.05, 4.69) is 0 Å². The van der Waals surface area contributed by atoms with Crippen LogP contribution in [-0.4, -0.2) is 16.2 Å². The monoisotopic (exact) mass is 264 g/mol. The van der Waals surface area contributed by atoms with Gasteiger partial charge in [0.05, 0.1) is 5.02 Å². The molecule has 5 heteroatoms. The molecule has 2 rings (SSSR count). The Morgan fingerprint density at radius 1 is 1.11 bits per heavy atom. The minimum atomic E-state index is -1.12. The van der Waals surface area contributed by atoms with Crippen molar-refractivity contribution in [1.82, 2.24) is 0 Å². The molecule has 2 aromatic rings. The number of benzene rings is 2. The molecule has 0 aliphatic rings. The SMILES string of the molecule is O=C(O)c1cccc(Cl)c1Oc1ccc(O)cc1. The highest BCUT2D eigenvalue weighted by molar-refractivity contribution is 6.32. The fourth-order valence-corrected chi connectivity index (χ4v) is 1.63. The number of para-hydroxylation sites is 1. The number of hydrogen-bond acceptors (Lipinski definition) is 3. The Morgan fingerprint density at radius 3 is 2.39 bits per heavy atom. The Hall–Kier alpha value is -2.20. The second-order valence-electron chi connectivity index (χ2n) is 3.52. The first-order valence-electron chi connectivity index (χ1n) is 5.06. The zero-order valence-electron chi connectivity index (χ0n) is 9.13. The van der Waals surface area contributed by atoms with Gasteiger partial charge in [-0.05, 0) is 36.4 Å². The van der Waals surface area contributed by atoms with Gasteiger partial charge >= 0.3 is 5.97 Å². The van der Waals surface area contributed by atoms with E-state index in [0.29, 0.717) is 5.75 Å². The van der Waals surface area contributed by atoms with Crippen LogP contribution in [-0.2, 0) is 0 Å². The number of rotatable bonds is 3. The Morgan fingerprint density at radius 2 is 1.78 bits per heavy atom. The predicted octanol–water partition coefficient (Wildman–Crippen LogP) is 3.54. The molecule has 0 aliphatic carbocycles. The molecule has 4 nitrogen and oxygen atoms in total. The number of carboxylic acids is 1. The van der Waals surface area contributed by atoms with Crippen molar-refractivity contribution in [2.75, 3.05) is 0 Å². The number of halogens is 1. The summed E-state index contributed by atoms with van der Waals surface area (Å²) in [5.74, 6) is -0.549. The van der Waals surface area contributed by atoms with Crippen LogP contribution in [0.3, 0.4) is 0 Å². The Bertz CT molecular complexity index is 578. The summed E-state index contributed by atoms with van der Waals surface area (Å²) in [5.41, 5.74) is -0.0180. The van der Waals surface area contributed by atoms with Crippen LogP contribution < -0.4 is 4.74 Å². The van der Waals surface area contributed by atoms with Gasteiger partial charge in [-0.25, -0.2) is 4.79 Å². The van der Waals surface area contributed by atoms with Gasteiger partial charge in [0.25, 0.3) is 0 Å². The fraction of sp³-hybridized carbons (Fsp3) is 0. The van der Waals surface area contributed by atoms with Gasteiger partial charge in [-0.1, -0.05) is 17.7 Å². The molecule has 0 atom stereocenters. The van der Waals surface area contributed by atoms with Crippen LogP contribution in [0.15, 0.2) is 42.5 Å². The summed E-state index contributed by atoms with van der Waals surface area (Å²) in [6, 6.07) is 10.4. The summed E-state index contributed by atoms with van der Waals surface area (Å²) >= 11 is 5.92. The molecular formula is C13H9ClO4. The molecule has 0 aromatic heterocycles. The molecule has 2 N–H and O–H groups in total. The van der Waals surface area contributed by atoms with Crippen LogP contribution in [0.5, 0.6) is 17.2 Å². The number of aromatic carboxylic acids is 1. The molecule has 0 radical (unpaired) electrons. The molecule has 0 heterocycles. The fourth-order valence-electron chi connectivity index (χ4n) is 1.41. The number of carboxylic acid groups (broad SMARTS) is 1. The highest BCUT2D eigenvalue weighted by Crippen LogP contribution is 2.33. The highest BCUT2D eigenvalue weighted by atomic mass is 35.5. The van der Waals surface area contributed by atoms with Crippen LogP contribution in [0.1, 0.15) is 10.4 Å². The second kappa shape index (κ2) is 4.98. The quantitative estimate of drug-likeness (QED) is 0.890. The predicted molar refractivity (Wildman–Crippen MR) is 66.6 cm³/mol. The van der Waals surface area contributed by atoms with E-state index in [4.69, 9.17) is 26.6 Å². The van der Waals surface area contributed by atoms with E-state index in [9.17, 15) is 4.79 Å². The smallest absolute Gasteiger partial charge is 0.339 e. The lowest BCUT2D eigenvalue weighted by Crippen LogP contribution is -2.00. The summed E-state index contributed by atoms with van der Waals surface area (Å²) in [5, 5.41) is 18.4. The third-order valence-corrected chi connectivity index (χ3v) is 2.55. The van der Waals surface area contributed by atoms with Crippen molar-refractivity contribution in [3.05, 3.63) is 53.1 Å². The molecule has 0 saturated heterocycles. The number of phenols is 1. The van der Waals surface area contributed by atoms with Gasteiger partial charge in [-0.2, -0.15) is 0 Å². The van der Waals surface area contributed by atoms with E-state index >= 15 is 0 Å². The van der Waals surface area contributed by atoms with Crippen LogP contribution in [0, 0.1) is 0 Å². The Balaban J connectivity index is 2.39. The molecule has 0 fully saturated rings. The lowest BCUT2D eigenvalue weighted by molar-refractivity contribution is 0.0694. The minimum Gasteiger partial charge on any atom is -0.508 e. The van der Waals surface area contributed by atoms with Crippen molar-refractivity contribution >= 4 is 17.6 Å². The minimum absolute atomic E-state index is 0.0180. The highest BCUT2D eigenvalue weighted by Gasteiger charge is 2.15. The van der Waals surface area contributed by atoms with Crippen molar-refractivity contribution in [2.45, 2.75) is 0 Å². The van der Waals surface area contributed by atoms with Crippen LogP contribution in [0.2, 0.25) is 5.02 Å². The number of ether oxygens (including phenoxy) is 1. The van der Waals surface area contributed by atoms with Gasteiger partial charge in [0.15, 0.2) is 5.75 Å². The number of carbonyl (C=O) groups is 1. The second-order valence-corrected chi connectivity index (χ2v) is 3.92. The summed E-state index contributed by atoms with van der Waals surface area (Å²) in [4.78, 5) is 11.0. The van der Waals surface area contributed by atoms with E-state index in [1.54, 1.807) is 6.07 Å². The van der Waals surface area contributed by atoms with Gasteiger partial charge in [0.2, 0.25) is 0 Å². The molecule has 0 bridgehead atoms. The lowest BCUT2D eigenvalue weighted by Gasteiger charge is -2.10. The maximum atomic E-state index is 11.0. The van der Waals surface area contributed by atoms with Crippen molar-refractivity contribution in [3.8, 4) is 17.2 Å². The van der Waals surface area contributed by atoms with Gasteiger partial charge in [-0.3, -0.25) is 0 Å². The van der Waals surface area contributed by atoms with Crippen molar-refractivity contribution in [2.24, 2.45) is 0 Å². The van der Waals surface area contributed by atoms with E-state index in [1.165, 1.54) is 36.4 Å². The Kier molecular flexibility index (Phi) is 3.39. The van der Waals surface area contributed by atoms with Crippen molar-refractivity contribution in [3.63, 3.8) is 0 Å². The topological polar surface area (TPSA) is 66.8 Å². The third kappa shape index (κ3) is 2.55. The standard InChI is InChI=1S/C13H9ClO4/c14-11-3-1-2-10(13(16)17)12(11)18-9-6-4-8(15)5-7-9/h1-7,15H,(H,16,17). The molecule has 0 amide bonds. The number of hydrogen-bond donors (Lipinski definition) is 2. The van der Waals surface area contributed by atoms with Crippen molar-refractivity contribution < 1.29 is 19.7 Å². The largest absolute Gasteiger partial charge is 0.508 e. The third-order valence-electron chi connectivity index (χ3n) is 2.25. The van der Waals surface area contributed by atoms with E-state index in [0.717, 1.165) is 0 Å². The summed E-state index contributed by atoms with van der Waals surface area (Å²) in [6.45, 7) is 0. The summed E-state index contributed by atoms with van der Waals surface area (Å²) < 4.78 is 5.43. The van der Waals surface area contributed by atoms with Gasteiger partial charge in [0, 0.05) is 0 Å². The zero-order valence-corrected chi connectivity index (χ0v) is 9.89. The molecule has 0 spiro atoms. The van der Waals surface area contributed by atoms with Crippen LogP contribution >= 0.6 is 11.6 Å². The maximum absolute atomic E-state index is 11.0. The number of phenolic OH excluding ortho intramolecular Hbond substituents is 1. The van der Waals surface area contributed by atoms with E-state index in [-0.39, 0.29) is 22.1 Å². The lowest BCUT2D eigenvalue weighted by atomic mass is 10.2. The molecule has 0 saturated carbocycles. The summed E-state index contributed by atoms with van der Waals surface area (Å²) in [7, 11) is 0. The average Bonchev–Trinajstić information content (AvgIpc) is 2.34. The molecular weight excluding hydrogens is 256 g/mol. The zero-order chi connectivity index (χ0) is 13.1. The maximum Gasteiger partial charge on any atom is 0.339 e. The van der Waals surface area contributed by atoms with E-state index < -0.39 is 5.97 Å². The average molecular weight is 265 g/mol. The first-order chi connectivity index (χ1) is 8.58. The van der Waals surface area contributed by atoms with Gasteiger partial charge in [-0.15, -0.1) is 0 Å². The van der Waals surface area contributed by atoms with Crippen LogP contribution in [0.25, 0.3) is 0 Å². The first kappa shape index (κ1) is 12.3. The molecule has 2 aromatic carbocycles. The van der Waals surface area contributed by atoms with Crippen LogP contribution in [0.4, 0.5) is 0 Å². The molecule has 92 valence electrons. The normalized spacial score (nSPS) is 10.1.